The molecule has 0 spiro atoms. The molecule has 2 aromatic rings. The first-order chi connectivity index (χ1) is 19.2. The highest BCUT2D eigenvalue weighted by molar-refractivity contribution is 5.72. The Labute approximate surface area is 236 Å². The SMILES string of the molecule is CCC(CC)CN1c2cc(OC)cc(OC)c2C(N(Cc2cc(C(F)(F)F)cc(C(F)(F)F)c2)C(=O)OC)CC1C. The van der Waals surface area contributed by atoms with Crippen LogP contribution in [0.1, 0.15) is 68.3 Å². The van der Waals surface area contributed by atoms with Gasteiger partial charge in [0.1, 0.15) is 11.5 Å². The van der Waals surface area contributed by atoms with Crippen LogP contribution >= 0.6 is 0 Å². The quantitative estimate of drug-likeness (QED) is 0.277. The predicted molar refractivity (Wildman–Crippen MR) is 142 cm³/mol. The summed E-state index contributed by atoms with van der Waals surface area (Å²) in [6, 6.07) is 3.84. The zero-order valence-corrected chi connectivity index (χ0v) is 23.9. The number of benzene rings is 2. The molecule has 3 rings (SSSR count). The van der Waals surface area contributed by atoms with E-state index in [0.717, 1.165) is 24.9 Å². The molecular weight excluding hydrogens is 554 g/mol. The largest absolute Gasteiger partial charge is 0.497 e. The molecule has 0 fully saturated rings. The van der Waals surface area contributed by atoms with E-state index in [1.165, 1.54) is 14.2 Å². The summed E-state index contributed by atoms with van der Waals surface area (Å²) in [5, 5.41) is 0. The molecule has 0 aliphatic carbocycles. The molecule has 1 aliphatic rings. The molecule has 0 aromatic heterocycles. The van der Waals surface area contributed by atoms with Gasteiger partial charge in [0.2, 0.25) is 0 Å². The number of hydrogen-bond donors (Lipinski definition) is 0. The number of amides is 1. The van der Waals surface area contributed by atoms with Crippen LogP contribution in [0.3, 0.4) is 0 Å². The van der Waals surface area contributed by atoms with Gasteiger partial charge in [-0.15, -0.1) is 0 Å². The van der Waals surface area contributed by atoms with Gasteiger partial charge in [-0.2, -0.15) is 26.3 Å². The Bertz CT molecular complexity index is 1180. The van der Waals surface area contributed by atoms with Gasteiger partial charge in [-0.05, 0) is 43.0 Å². The molecule has 1 heterocycles. The third-order valence-corrected chi connectivity index (χ3v) is 7.68. The van der Waals surface area contributed by atoms with Gasteiger partial charge in [0, 0.05) is 42.5 Å². The zero-order valence-electron chi connectivity index (χ0n) is 23.9. The fraction of sp³-hybridized carbons (Fsp3) is 0.552. The molecular formula is C29H36F6N2O4. The van der Waals surface area contributed by atoms with Crippen molar-refractivity contribution in [2.45, 2.75) is 71.0 Å². The topological polar surface area (TPSA) is 51.2 Å². The second kappa shape index (κ2) is 12.7. The molecule has 41 heavy (non-hydrogen) atoms. The maximum atomic E-state index is 13.6. The number of carbonyl (C=O) groups excluding carboxylic acids is 1. The van der Waals surface area contributed by atoms with Crippen LogP contribution in [0.4, 0.5) is 36.8 Å². The normalized spacial score (nSPS) is 17.3. The van der Waals surface area contributed by atoms with E-state index in [9.17, 15) is 31.1 Å². The molecule has 0 radical (unpaired) electrons. The summed E-state index contributed by atoms with van der Waals surface area (Å²) >= 11 is 0. The highest BCUT2D eigenvalue weighted by Gasteiger charge is 2.41. The van der Waals surface area contributed by atoms with E-state index >= 15 is 0 Å². The molecule has 0 bridgehead atoms. The minimum absolute atomic E-state index is 0.0645. The van der Waals surface area contributed by atoms with Crippen LogP contribution in [-0.4, -0.2) is 44.9 Å². The van der Waals surface area contributed by atoms with Crippen LogP contribution in [0.25, 0.3) is 0 Å². The lowest BCUT2D eigenvalue weighted by atomic mass is 9.88. The fourth-order valence-electron chi connectivity index (χ4n) is 5.37. The molecule has 1 amide bonds. The Hall–Kier alpha value is -3.31. The molecule has 0 N–H and O–H groups in total. The van der Waals surface area contributed by atoms with Gasteiger partial charge < -0.3 is 19.1 Å². The number of rotatable bonds is 9. The minimum atomic E-state index is -5.02. The molecule has 12 heteroatoms. The van der Waals surface area contributed by atoms with Gasteiger partial charge in [-0.25, -0.2) is 4.79 Å². The second-order valence-corrected chi connectivity index (χ2v) is 10.2. The highest BCUT2D eigenvalue weighted by atomic mass is 19.4. The van der Waals surface area contributed by atoms with E-state index < -0.39 is 42.2 Å². The van der Waals surface area contributed by atoms with E-state index in [1.54, 1.807) is 6.07 Å². The van der Waals surface area contributed by atoms with Gasteiger partial charge in [0.15, 0.2) is 0 Å². The van der Waals surface area contributed by atoms with E-state index in [0.29, 0.717) is 53.8 Å². The Balaban J connectivity index is 2.20. The standard InChI is InChI=1S/C29H36F6N2O4/c1-7-18(8-2)15-36-17(3)9-23(26-24(36)13-22(39-4)14-25(26)40-5)37(27(38)41-6)16-19-10-20(28(30,31)32)12-21(11-19)29(33,34)35/h10-14,17-18,23H,7-9,15-16H2,1-6H3. The monoisotopic (exact) mass is 590 g/mol. The summed E-state index contributed by atoms with van der Waals surface area (Å²) in [5.41, 5.74) is -1.96. The number of methoxy groups -OCH3 is 3. The summed E-state index contributed by atoms with van der Waals surface area (Å²) < 4.78 is 97.6. The summed E-state index contributed by atoms with van der Waals surface area (Å²) in [4.78, 5) is 16.5. The van der Waals surface area contributed by atoms with Crippen molar-refractivity contribution in [1.29, 1.82) is 0 Å². The van der Waals surface area contributed by atoms with E-state index in [2.05, 4.69) is 18.7 Å². The Morgan fingerprint density at radius 3 is 2.00 bits per heavy atom. The number of fused-ring (bicyclic) bond motifs is 1. The lowest BCUT2D eigenvalue weighted by molar-refractivity contribution is -0.143. The molecule has 228 valence electrons. The zero-order chi connectivity index (χ0) is 30.7. The first-order valence-corrected chi connectivity index (χ1v) is 13.3. The number of hydrogen-bond acceptors (Lipinski definition) is 5. The average molecular weight is 591 g/mol. The molecule has 0 saturated heterocycles. The second-order valence-electron chi connectivity index (χ2n) is 10.2. The maximum absolute atomic E-state index is 13.6. The van der Waals surface area contributed by atoms with Gasteiger partial charge in [0.05, 0.1) is 38.5 Å². The Kier molecular flexibility index (Phi) is 9.97. The van der Waals surface area contributed by atoms with Crippen LogP contribution in [0, 0.1) is 5.92 Å². The molecule has 2 atom stereocenters. The summed E-state index contributed by atoms with van der Waals surface area (Å²) in [6.45, 7) is 6.30. The van der Waals surface area contributed by atoms with Crippen molar-refractivity contribution in [3.8, 4) is 11.5 Å². The van der Waals surface area contributed by atoms with E-state index in [-0.39, 0.29) is 17.7 Å². The lowest BCUT2D eigenvalue weighted by Gasteiger charge is -2.45. The third-order valence-electron chi connectivity index (χ3n) is 7.68. The molecule has 6 nitrogen and oxygen atoms in total. The van der Waals surface area contributed by atoms with Crippen molar-refractivity contribution < 1.29 is 45.3 Å². The lowest BCUT2D eigenvalue weighted by Crippen LogP contribution is -2.46. The van der Waals surface area contributed by atoms with Crippen molar-refractivity contribution in [1.82, 2.24) is 4.90 Å². The van der Waals surface area contributed by atoms with Gasteiger partial charge in [0.25, 0.3) is 0 Å². The number of alkyl halides is 6. The summed E-state index contributed by atoms with van der Waals surface area (Å²) in [7, 11) is 4.06. The number of anilines is 1. The van der Waals surface area contributed by atoms with Crippen molar-refractivity contribution >= 4 is 11.8 Å². The van der Waals surface area contributed by atoms with Crippen LogP contribution in [0.15, 0.2) is 30.3 Å². The van der Waals surface area contributed by atoms with E-state index in [4.69, 9.17) is 14.2 Å². The molecule has 0 saturated carbocycles. The Morgan fingerprint density at radius 1 is 0.951 bits per heavy atom. The van der Waals surface area contributed by atoms with Gasteiger partial charge in [-0.3, -0.25) is 4.90 Å². The number of halogens is 6. The summed E-state index contributed by atoms with van der Waals surface area (Å²) in [5.74, 6) is 1.24. The van der Waals surface area contributed by atoms with Crippen molar-refractivity contribution in [2.75, 3.05) is 32.8 Å². The van der Waals surface area contributed by atoms with Crippen LogP contribution in [-0.2, 0) is 23.6 Å². The van der Waals surface area contributed by atoms with Crippen molar-refractivity contribution in [2.24, 2.45) is 5.92 Å². The first kappa shape index (κ1) is 32.2. The molecule has 1 aliphatic heterocycles. The van der Waals surface area contributed by atoms with Crippen molar-refractivity contribution in [3.63, 3.8) is 0 Å². The average Bonchev–Trinajstić information content (AvgIpc) is 2.93. The molecule has 2 unspecified atom stereocenters. The van der Waals surface area contributed by atoms with Crippen LogP contribution in [0.2, 0.25) is 0 Å². The summed E-state index contributed by atoms with van der Waals surface area (Å²) in [6.07, 6.45) is -8.74. The highest BCUT2D eigenvalue weighted by Crippen LogP contribution is 2.48. The third kappa shape index (κ3) is 7.13. The van der Waals surface area contributed by atoms with Gasteiger partial charge in [-0.1, -0.05) is 26.7 Å². The fourth-order valence-corrected chi connectivity index (χ4v) is 5.37. The maximum Gasteiger partial charge on any atom is 0.416 e. The predicted octanol–water partition coefficient (Wildman–Crippen LogP) is 8.09. The van der Waals surface area contributed by atoms with Crippen molar-refractivity contribution in [3.05, 3.63) is 52.6 Å². The Morgan fingerprint density at radius 2 is 1.54 bits per heavy atom. The first-order valence-electron chi connectivity index (χ1n) is 13.3. The van der Waals surface area contributed by atoms with Gasteiger partial charge >= 0.3 is 18.4 Å². The van der Waals surface area contributed by atoms with Crippen LogP contribution in [0.5, 0.6) is 11.5 Å². The number of nitrogens with zero attached hydrogens (tertiary/aromatic N) is 2. The molecule has 2 aromatic carbocycles. The number of ether oxygens (including phenoxy) is 3. The smallest absolute Gasteiger partial charge is 0.416 e. The number of carbonyl (C=O) groups is 1. The van der Waals surface area contributed by atoms with E-state index in [1.807, 2.05) is 13.0 Å². The minimum Gasteiger partial charge on any atom is -0.497 e. The van der Waals surface area contributed by atoms with Crippen LogP contribution < -0.4 is 14.4 Å².